The van der Waals surface area contributed by atoms with Gasteiger partial charge in [-0.15, -0.1) is 0 Å². The summed E-state index contributed by atoms with van der Waals surface area (Å²) in [4.78, 5) is 17.3. The molecule has 3 heterocycles. The van der Waals surface area contributed by atoms with E-state index in [0.717, 1.165) is 61.0 Å². The van der Waals surface area contributed by atoms with Crippen LogP contribution >= 0.6 is 23.2 Å². The van der Waals surface area contributed by atoms with E-state index in [1.807, 2.05) is 44.2 Å². The predicted octanol–water partition coefficient (Wildman–Crippen LogP) is 5.74. The first-order chi connectivity index (χ1) is 20.8. The minimum Gasteiger partial charge on any atom is -0.491 e. The van der Waals surface area contributed by atoms with E-state index in [1.54, 1.807) is 23.0 Å². The number of ether oxygens (including phenoxy) is 3. The third-order valence-corrected chi connectivity index (χ3v) is 8.48. The number of hydrogen-bond donors (Lipinski definition) is 0. The Morgan fingerprint density at radius 3 is 2.19 bits per heavy atom. The molecule has 2 atom stereocenters. The fourth-order valence-corrected chi connectivity index (χ4v) is 6.17. The highest BCUT2D eigenvalue weighted by atomic mass is 35.5. The standard InChI is InChI=1S/C32H35Cl2N5O4/c1-3-14-39-31(40)38(22-35-39)26-7-5-24(6-8-26)36-15-17-37(18-16-36)25-9-11-27(12-10-25)41-20-28-21-42-32(2,43-28)29-13-4-23(33)19-30(29)34/h4-13,19,22,28H,3,14-18,20-21H2,1-2H3/t28-,32-/m1/s1. The molecular weight excluding hydrogens is 589 g/mol. The summed E-state index contributed by atoms with van der Waals surface area (Å²) in [5.41, 5.74) is 3.77. The van der Waals surface area contributed by atoms with Gasteiger partial charge in [-0.3, -0.25) is 0 Å². The largest absolute Gasteiger partial charge is 0.491 e. The van der Waals surface area contributed by atoms with Gasteiger partial charge in [-0.05, 0) is 74.0 Å². The molecule has 2 aliphatic heterocycles. The Morgan fingerprint density at radius 2 is 1.56 bits per heavy atom. The van der Waals surface area contributed by atoms with Gasteiger partial charge in [0.2, 0.25) is 0 Å². The Morgan fingerprint density at radius 1 is 0.930 bits per heavy atom. The number of rotatable bonds is 9. The second-order valence-electron chi connectivity index (χ2n) is 10.9. The number of benzene rings is 3. The monoisotopic (exact) mass is 623 g/mol. The lowest BCUT2D eigenvalue weighted by Crippen LogP contribution is -2.46. The normalized spacial score (nSPS) is 20.5. The van der Waals surface area contributed by atoms with Crippen molar-refractivity contribution in [3.63, 3.8) is 0 Å². The highest BCUT2D eigenvalue weighted by Crippen LogP contribution is 2.38. The average molecular weight is 625 g/mol. The summed E-state index contributed by atoms with van der Waals surface area (Å²) in [6.07, 6.45) is 2.24. The third kappa shape index (κ3) is 6.40. The zero-order chi connectivity index (χ0) is 30.0. The van der Waals surface area contributed by atoms with Crippen LogP contribution in [0.25, 0.3) is 5.69 Å². The first-order valence-electron chi connectivity index (χ1n) is 14.6. The molecule has 2 fully saturated rings. The molecular formula is C32H35Cl2N5O4. The summed E-state index contributed by atoms with van der Waals surface area (Å²) in [6, 6.07) is 21.6. The molecule has 2 aliphatic rings. The van der Waals surface area contributed by atoms with Crippen molar-refractivity contribution in [2.45, 2.75) is 38.7 Å². The molecule has 3 aromatic carbocycles. The molecule has 0 bridgehead atoms. The molecule has 0 unspecified atom stereocenters. The van der Waals surface area contributed by atoms with E-state index in [2.05, 4.69) is 39.2 Å². The topological polar surface area (TPSA) is 74.0 Å². The van der Waals surface area contributed by atoms with Crippen LogP contribution in [0.15, 0.2) is 77.9 Å². The van der Waals surface area contributed by atoms with Gasteiger partial charge in [-0.25, -0.2) is 14.0 Å². The van der Waals surface area contributed by atoms with Gasteiger partial charge in [0.15, 0.2) is 5.79 Å². The van der Waals surface area contributed by atoms with Crippen molar-refractivity contribution in [3.05, 3.63) is 99.2 Å². The van der Waals surface area contributed by atoms with Crippen LogP contribution < -0.4 is 20.2 Å². The average Bonchev–Trinajstić information content (AvgIpc) is 3.59. The second kappa shape index (κ2) is 12.6. The van der Waals surface area contributed by atoms with E-state index in [-0.39, 0.29) is 11.8 Å². The van der Waals surface area contributed by atoms with Crippen molar-refractivity contribution < 1.29 is 14.2 Å². The minimum atomic E-state index is -0.943. The molecule has 0 radical (unpaired) electrons. The van der Waals surface area contributed by atoms with E-state index < -0.39 is 5.79 Å². The molecule has 6 rings (SSSR count). The van der Waals surface area contributed by atoms with Gasteiger partial charge < -0.3 is 24.0 Å². The molecule has 43 heavy (non-hydrogen) atoms. The molecule has 0 amide bonds. The van der Waals surface area contributed by atoms with Crippen LogP contribution in [-0.4, -0.2) is 59.8 Å². The summed E-state index contributed by atoms with van der Waals surface area (Å²) in [7, 11) is 0. The van der Waals surface area contributed by atoms with Crippen molar-refractivity contribution >= 4 is 34.6 Å². The van der Waals surface area contributed by atoms with Gasteiger partial charge in [0.25, 0.3) is 0 Å². The highest BCUT2D eigenvalue weighted by molar-refractivity contribution is 6.35. The van der Waals surface area contributed by atoms with Gasteiger partial charge in [0.1, 0.15) is 24.8 Å². The van der Waals surface area contributed by atoms with E-state index >= 15 is 0 Å². The van der Waals surface area contributed by atoms with Crippen molar-refractivity contribution in [2.24, 2.45) is 0 Å². The number of anilines is 2. The number of aryl methyl sites for hydroxylation is 1. The number of hydrogen-bond acceptors (Lipinski definition) is 7. The molecule has 0 spiro atoms. The lowest BCUT2D eigenvalue weighted by molar-refractivity contribution is -0.164. The van der Waals surface area contributed by atoms with E-state index in [9.17, 15) is 4.79 Å². The zero-order valence-electron chi connectivity index (χ0n) is 24.3. The van der Waals surface area contributed by atoms with E-state index in [1.165, 1.54) is 4.68 Å². The maximum Gasteiger partial charge on any atom is 0.350 e. The van der Waals surface area contributed by atoms with Crippen LogP contribution in [0.1, 0.15) is 25.8 Å². The quantitative estimate of drug-likeness (QED) is 0.235. The first kappa shape index (κ1) is 29.6. The maximum absolute atomic E-state index is 12.5. The molecule has 0 N–H and O–H groups in total. The molecule has 0 saturated carbocycles. The Kier molecular flexibility index (Phi) is 8.68. The predicted molar refractivity (Wildman–Crippen MR) is 169 cm³/mol. The summed E-state index contributed by atoms with van der Waals surface area (Å²) < 4.78 is 21.3. The Balaban J connectivity index is 0.988. The van der Waals surface area contributed by atoms with E-state index in [0.29, 0.717) is 29.8 Å². The summed E-state index contributed by atoms with van der Waals surface area (Å²) in [5.74, 6) is -0.162. The summed E-state index contributed by atoms with van der Waals surface area (Å²) in [5, 5.41) is 5.29. The Hall–Kier alpha value is -3.50. The molecule has 226 valence electrons. The summed E-state index contributed by atoms with van der Waals surface area (Å²) in [6.45, 7) is 8.91. The molecule has 4 aromatic rings. The van der Waals surface area contributed by atoms with Gasteiger partial charge in [0.05, 0.1) is 17.3 Å². The van der Waals surface area contributed by atoms with Gasteiger partial charge in [-0.1, -0.05) is 36.2 Å². The number of piperazine rings is 1. The Labute approximate surface area is 261 Å². The lowest BCUT2D eigenvalue weighted by atomic mass is 10.1. The lowest BCUT2D eigenvalue weighted by Gasteiger charge is -2.37. The van der Waals surface area contributed by atoms with Gasteiger partial charge in [-0.2, -0.15) is 5.10 Å². The van der Waals surface area contributed by atoms with Crippen molar-refractivity contribution in [1.29, 1.82) is 0 Å². The first-order valence-corrected chi connectivity index (χ1v) is 15.3. The number of halogens is 2. The van der Waals surface area contributed by atoms with Crippen LogP contribution in [0, 0.1) is 0 Å². The molecule has 0 aliphatic carbocycles. The van der Waals surface area contributed by atoms with Gasteiger partial charge >= 0.3 is 5.69 Å². The van der Waals surface area contributed by atoms with Crippen LogP contribution in [0.2, 0.25) is 10.0 Å². The SMILES string of the molecule is CCCn1ncn(-c2ccc(N3CCN(c4ccc(OC[C@@H]5CO[C@@](C)(c6ccc(Cl)cc6Cl)O5)cc4)CC3)cc2)c1=O. The molecule has 11 heteroatoms. The number of nitrogens with zero attached hydrogens (tertiary/aromatic N) is 5. The van der Waals surface area contributed by atoms with Crippen molar-refractivity contribution in [3.8, 4) is 11.4 Å². The zero-order valence-corrected chi connectivity index (χ0v) is 25.8. The minimum absolute atomic E-state index is 0.108. The fourth-order valence-electron chi connectivity index (χ4n) is 5.59. The molecule has 2 saturated heterocycles. The van der Waals surface area contributed by atoms with Crippen molar-refractivity contribution in [2.75, 3.05) is 49.2 Å². The van der Waals surface area contributed by atoms with Crippen LogP contribution in [0.4, 0.5) is 11.4 Å². The number of aromatic nitrogens is 3. The molecule has 9 nitrogen and oxygen atoms in total. The van der Waals surface area contributed by atoms with Crippen LogP contribution in [0.5, 0.6) is 5.75 Å². The smallest absolute Gasteiger partial charge is 0.350 e. The fraction of sp³-hybridized carbons (Fsp3) is 0.375. The van der Waals surface area contributed by atoms with Gasteiger partial charge in [0, 0.05) is 54.7 Å². The third-order valence-electron chi connectivity index (χ3n) is 7.94. The van der Waals surface area contributed by atoms with Crippen LogP contribution in [-0.2, 0) is 21.8 Å². The maximum atomic E-state index is 12.5. The molecule has 1 aromatic heterocycles. The van der Waals surface area contributed by atoms with Crippen LogP contribution in [0.3, 0.4) is 0 Å². The highest BCUT2D eigenvalue weighted by Gasteiger charge is 2.40. The second-order valence-corrected chi connectivity index (χ2v) is 11.8. The van der Waals surface area contributed by atoms with E-state index in [4.69, 9.17) is 37.4 Å². The van der Waals surface area contributed by atoms with Crippen molar-refractivity contribution in [1.82, 2.24) is 14.3 Å². The summed E-state index contributed by atoms with van der Waals surface area (Å²) >= 11 is 12.4. The Bertz CT molecular complexity index is 1600.